The van der Waals surface area contributed by atoms with Crippen molar-refractivity contribution in [2.24, 2.45) is 11.8 Å². The molecule has 1 heterocycles. The van der Waals surface area contributed by atoms with Crippen LogP contribution < -0.4 is 0 Å². The lowest BCUT2D eigenvalue weighted by molar-refractivity contribution is -0.152. The summed E-state index contributed by atoms with van der Waals surface area (Å²) in [6, 6.07) is 9.74. The molecule has 0 amide bonds. The number of ketones is 1. The molecule has 1 unspecified atom stereocenters. The van der Waals surface area contributed by atoms with Crippen LogP contribution >= 0.6 is 0 Å². The van der Waals surface area contributed by atoms with Gasteiger partial charge in [-0.25, -0.2) is 0 Å². The first-order valence-corrected chi connectivity index (χ1v) is 7.61. The predicted octanol–water partition coefficient (Wildman–Crippen LogP) is 1.74. The Kier molecular flexibility index (Phi) is 4.27. The van der Waals surface area contributed by atoms with Crippen LogP contribution in [0.2, 0.25) is 0 Å². The van der Waals surface area contributed by atoms with Gasteiger partial charge >= 0.3 is 5.97 Å². The maximum atomic E-state index is 11.9. The van der Waals surface area contributed by atoms with Gasteiger partial charge in [0.1, 0.15) is 6.10 Å². The number of hydrogen-bond acceptors (Lipinski definition) is 5. The molecule has 22 heavy (non-hydrogen) atoms. The van der Waals surface area contributed by atoms with Crippen LogP contribution in [0.4, 0.5) is 0 Å². The number of ether oxygens (including phenoxy) is 3. The van der Waals surface area contributed by atoms with Crippen molar-refractivity contribution in [3.63, 3.8) is 0 Å². The number of esters is 1. The fourth-order valence-electron chi connectivity index (χ4n) is 3.14. The Balaban J connectivity index is 1.66. The lowest BCUT2D eigenvalue weighted by Crippen LogP contribution is -2.36. The molecule has 0 bridgehead atoms. The van der Waals surface area contributed by atoms with Crippen LogP contribution in [0, 0.1) is 11.8 Å². The van der Waals surface area contributed by atoms with Crippen molar-refractivity contribution >= 4 is 11.8 Å². The van der Waals surface area contributed by atoms with Crippen LogP contribution in [0.1, 0.15) is 19.4 Å². The first kappa shape index (κ1) is 15.2. The molecule has 2 fully saturated rings. The Hall–Kier alpha value is -1.72. The number of carbonyl (C=O) groups excluding carboxylic acids is 2. The minimum atomic E-state index is -0.579. The Bertz CT molecular complexity index is 555. The van der Waals surface area contributed by atoms with E-state index in [9.17, 15) is 9.59 Å². The SMILES string of the molecule is CCOC(=O)C1[C@@H]2[C@@H](OCc3ccccc3)[C@@H](C(C)=O)O[C@H]12. The molecular weight excluding hydrogens is 284 g/mol. The normalized spacial score (nSPS) is 32.4. The molecule has 1 aliphatic heterocycles. The molecule has 0 radical (unpaired) electrons. The lowest BCUT2D eigenvalue weighted by Gasteiger charge is -2.21. The zero-order valence-electron chi connectivity index (χ0n) is 12.7. The standard InChI is InChI=1S/C17H20O5/c1-3-20-17(19)13-12-15(13)22-14(10(2)18)16(12)21-9-11-7-5-4-6-8-11/h4-8,12-16H,3,9H2,1-2H3/t12-,13?,14+,15-,16+/m0/s1. The number of benzene rings is 1. The summed E-state index contributed by atoms with van der Waals surface area (Å²) in [5, 5.41) is 0. The molecule has 1 saturated heterocycles. The van der Waals surface area contributed by atoms with E-state index in [1.165, 1.54) is 6.92 Å². The molecule has 1 saturated carbocycles. The quantitative estimate of drug-likeness (QED) is 0.749. The van der Waals surface area contributed by atoms with E-state index in [-0.39, 0.29) is 35.8 Å². The number of fused-ring (bicyclic) bond motifs is 1. The second kappa shape index (κ2) is 6.18. The van der Waals surface area contributed by atoms with Crippen molar-refractivity contribution in [1.82, 2.24) is 0 Å². The van der Waals surface area contributed by atoms with E-state index < -0.39 is 6.10 Å². The Morgan fingerprint density at radius 2 is 1.95 bits per heavy atom. The zero-order valence-corrected chi connectivity index (χ0v) is 12.7. The van der Waals surface area contributed by atoms with E-state index in [2.05, 4.69) is 0 Å². The van der Waals surface area contributed by atoms with Crippen LogP contribution in [-0.2, 0) is 30.4 Å². The topological polar surface area (TPSA) is 61.8 Å². The van der Waals surface area contributed by atoms with Crippen LogP contribution in [-0.4, -0.2) is 36.7 Å². The molecule has 0 spiro atoms. The predicted molar refractivity (Wildman–Crippen MR) is 78.0 cm³/mol. The van der Waals surface area contributed by atoms with Gasteiger partial charge < -0.3 is 14.2 Å². The van der Waals surface area contributed by atoms with Gasteiger partial charge in [-0.05, 0) is 19.4 Å². The first-order chi connectivity index (χ1) is 10.6. The zero-order chi connectivity index (χ0) is 15.7. The maximum Gasteiger partial charge on any atom is 0.312 e. The van der Waals surface area contributed by atoms with Gasteiger partial charge in [0.25, 0.3) is 0 Å². The molecule has 1 aliphatic carbocycles. The number of Topliss-reactive ketones (excluding diaryl/α,β-unsaturated/α-hetero) is 1. The van der Waals surface area contributed by atoms with Crippen LogP contribution in [0.25, 0.3) is 0 Å². The van der Waals surface area contributed by atoms with Gasteiger partial charge in [0.05, 0.1) is 31.3 Å². The number of rotatable bonds is 6. The van der Waals surface area contributed by atoms with E-state index in [4.69, 9.17) is 14.2 Å². The highest BCUT2D eigenvalue weighted by Crippen LogP contribution is 2.53. The van der Waals surface area contributed by atoms with Crippen molar-refractivity contribution in [3.05, 3.63) is 35.9 Å². The first-order valence-electron chi connectivity index (χ1n) is 7.61. The third-order valence-corrected chi connectivity index (χ3v) is 4.23. The summed E-state index contributed by atoms with van der Waals surface area (Å²) in [6.07, 6.45) is -1.20. The van der Waals surface area contributed by atoms with Gasteiger partial charge in [-0.15, -0.1) is 0 Å². The van der Waals surface area contributed by atoms with E-state index in [1.807, 2.05) is 30.3 Å². The number of carbonyl (C=O) groups is 2. The van der Waals surface area contributed by atoms with Crippen molar-refractivity contribution in [1.29, 1.82) is 0 Å². The third-order valence-electron chi connectivity index (χ3n) is 4.23. The Morgan fingerprint density at radius 1 is 1.23 bits per heavy atom. The summed E-state index contributed by atoms with van der Waals surface area (Å²) in [6.45, 7) is 4.02. The summed E-state index contributed by atoms with van der Waals surface area (Å²) in [7, 11) is 0. The Morgan fingerprint density at radius 3 is 2.59 bits per heavy atom. The molecule has 5 nitrogen and oxygen atoms in total. The average Bonchev–Trinajstić information content (AvgIpc) is 3.10. The van der Waals surface area contributed by atoms with E-state index in [1.54, 1.807) is 6.92 Å². The molecule has 5 heteroatoms. The molecule has 5 atom stereocenters. The second-order valence-corrected chi connectivity index (χ2v) is 5.75. The van der Waals surface area contributed by atoms with Crippen molar-refractivity contribution in [3.8, 4) is 0 Å². The summed E-state index contributed by atoms with van der Waals surface area (Å²) in [5.74, 6) is -0.686. The van der Waals surface area contributed by atoms with E-state index >= 15 is 0 Å². The van der Waals surface area contributed by atoms with E-state index in [0.29, 0.717) is 13.2 Å². The molecule has 0 aromatic heterocycles. The number of hydrogen-bond donors (Lipinski definition) is 0. The largest absolute Gasteiger partial charge is 0.466 e. The summed E-state index contributed by atoms with van der Waals surface area (Å²) < 4.78 is 16.7. The summed E-state index contributed by atoms with van der Waals surface area (Å²) in [5.41, 5.74) is 1.03. The molecule has 1 aromatic rings. The lowest BCUT2D eigenvalue weighted by atomic mass is 10.1. The minimum Gasteiger partial charge on any atom is -0.466 e. The van der Waals surface area contributed by atoms with Gasteiger partial charge in [0.2, 0.25) is 0 Å². The summed E-state index contributed by atoms with van der Waals surface area (Å²) >= 11 is 0. The van der Waals surface area contributed by atoms with Gasteiger partial charge in [-0.3, -0.25) is 9.59 Å². The second-order valence-electron chi connectivity index (χ2n) is 5.75. The molecule has 2 aliphatic rings. The maximum absolute atomic E-state index is 11.9. The van der Waals surface area contributed by atoms with Gasteiger partial charge in [0.15, 0.2) is 5.78 Å². The Labute approximate surface area is 129 Å². The van der Waals surface area contributed by atoms with Gasteiger partial charge in [-0.1, -0.05) is 30.3 Å². The van der Waals surface area contributed by atoms with Crippen LogP contribution in [0.5, 0.6) is 0 Å². The van der Waals surface area contributed by atoms with Gasteiger partial charge in [-0.2, -0.15) is 0 Å². The van der Waals surface area contributed by atoms with Crippen LogP contribution in [0.3, 0.4) is 0 Å². The minimum absolute atomic E-state index is 0.0622. The van der Waals surface area contributed by atoms with Gasteiger partial charge in [0, 0.05) is 5.92 Å². The molecule has 118 valence electrons. The molecule has 1 aromatic carbocycles. The van der Waals surface area contributed by atoms with Crippen molar-refractivity contribution < 1.29 is 23.8 Å². The highest BCUT2D eigenvalue weighted by Gasteiger charge is 2.68. The van der Waals surface area contributed by atoms with Crippen molar-refractivity contribution in [2.45, 2.75) is 38.8 Å². The smallest absolute Gasteiger partial charge is 0.312 e. The van der Waals surface area contributed by atoms with Crippen LogP contribution in [0.15, 0.2) is 30.3 Å². The summed E-state index contributed by atoms with van der Waals surface area (Å²) in [4.78, 5) is 23.6. The monoisotopic (exact) mass is 304 g/mol. The fourth-order valence-corrected chi connectivity index (χ4v) is 3.14. The van der Waals surface area contributed by atoms with E-state index in [0.717, 1.165) is 5.56 Å². The molecule has 0 N–H and O–H groups in total. The molecule has 3 rings (SSSR count). The highest BCUT2D eigenvalue weighted by molar-refractivity contribution is 5.84. The average molecular weight is 304 g/mol. The fraction of sp³-hybridized carbons (Fsp3) is 0.529. The molecular formula is C17H20O5. The van der Waals surface area contributed by atoms with Crippen molar-refractivity contribution in [2.75, 3.05) is 6.61 Å². The highest BCUT2D eigenvalue weighted by atomic mass is 16.6. The third kappa shape index (κ3) is 2.78.